The van der Waals surface area contributed by atoms with Crippen LogP contribution in [0.25, 0.3) is 64.0 Å². The maximum absolute atomic E-state index is 6.51. The highest BCUT2D eigenvalue weighted by molar-refractivity contribution is 7.27. The minimum absolute atomic E-state index is 0.762. The molecule has 47 heavy (non-hydrogen) atoms. The second kappa shape index (κ2) is 11.4. The monoisotopic (exact) mass is 637 g/mol. The number of halogens is 1. The van der Waals surface area contributed by atoms with Gasteiger partial charge in [0.15, 0.2) is 0 Å². The predicted octanol–water partition coefficient (Wildman–Crippen LogP) is 13.8. The Hall–Kier alpha value is -5.41. The summed E-state index contributed by atoms with van der Waals surface area (Å²) in [6.45, 7) is 0. The minimum Gasteiger partial charge on any atom is -0.310 e. The van der Waals surface area contributed by atoms with Crippen molar-refractivity contribution in [1.29, 1.82) is 0 Å². The molecular formula is C44H28ClNS. The van der Waals surface area contributed by atoms with Crippen LogP contribution in [0.3, 0.4) is 0 Å². The van der Waals surface area contributed by atoms with Crippen molar-refractivity contribution in [2.24, 2.45) is 0 Å². The van der Waals surface area contributed by atoms with Crippen molar-refractivity contribution in [1.82, 2.24) is 0 Å². The Kier molecular flexibility index (Phi) is 6.78. The summed E-state index contributed by atoms with van der Waals surface area (Å²) in [4.78, 5) is 2.36. The molecule has 8 aromatic carbocycles. The summed E-state index contributed by atoms with van der Waals surface area (Å²) in [5, 5.41) is 8.30. The van der Waals surface area contributed by atoms with Crippen LogP contribution in [0.15, 0.2) is 170 Å². The highest BCUT2D eigenvalue weighted by Crippen LogP contribution is 2.46. The molecule has 0 amide bonds. The fourth-order valence-corrected chi connectivity index (χ4v) is 8.33. The molecule has 222 valence electrons. The summed E-state index contributed by atoms with van der Waals surface area (Å²) < 4.78 is 2.56. The number of rotatable bonds is 5. The summed E-state index contributed by atoms with van der Waals surface area (Å²) >= 11 is 8.37. The van der Waals surface area contributed by atoms with Gasteiger partial charge in [-0.05, 0) is 86.9 Å². The van der Waals surface area contributed by atoms with Crippen LogP contribution in [-0.4, -0.2) is 0 Å². The second-order valence-corrected chi connectivity index (χ2v) is 13.4. The highest BCUT2D eigenvalue weighted by Gasteiger charge is 2.18. The van der Waals surface area contributed by atoms with Gasteiger partial charge in [0.05, 0.1) is 0 Å². The molecule has 0 N–H and O–H groups in total. The molecule has 0 unspecified atom stereocenters. The smallest absolute Gasteiger partial charge is 0.0476 e. The topological polar surface area (TPSA) is 3.24 Å². The van der Waals surface area contributed by atoms with Gasteiger partial charge in [0.2, 0.25) is 0 Å². The highest BCUT2D eigenvalue weighted by atomic mass is 35.5. The van der Waals surface area contributed by atoms with E-state index in [1.807, 2.05) is 17.4 Å². The van der Waals surface area contributed by atoms with E-state index in [0.717, 1.165) is 22.1 Å². The zero-order valence-corrected chi connectivity index (χ0v) is 27.0. The Balaban J connectivity index is 1.23. The molecule has 0 saturated carbocycles. The van der Waals surface area contributed by atoms with Crippen molar-refractivity contribution in [3.05, 3.63) is 175 Å². The first-order valence-electron chi connectivity index (χ1n) is 15.8. The molecule has 0 radical (unpaired) electrons. The molecule has 0 saturated heterocycles. The number of fused-ring (bicyclic) bond motifs is 8. The zero-order valence-electron chi connectivity index (χ0n) is 25.4. The third-order valence-electron chi connectivity index (χ3n) is 9.11. The van der Waals surface area contributed by atoms with Crippen LogP contribution >= 0.6 is 22.9 Å². The lowest BCUT2D eigenvalue weighted by Crippen LogP contribution is -2.09. The van der Waals surface area contributed by atoms with Gasteiger partial charge in [-0.15, -0.1) is 11.3 Å². The summed E-state index contributed by atoms with van der Waals surface area (Å²) in [6.07, 6.45) is 0. The maximum atomic E-state index is 6.51. The minimum atomic E-state index is 0.762. The Labute approximate surface area is 282 Å². The molecule has 0 spiro atoms. The van der Waals surface area contributed by atoms with Gasteiger partial charge >= 0.3 is 0 Å². The van der Waals surface area contributed by atoms with Gasteiger partial charge in [-0.25, -0.2) is 0 Å². The van der Waals surface area contributed by atoms with Crippen LogP contribution in [0.4, 0.5) is 17.1 Å². The number of thiophene rings is 1. The molecular weight excluding hydrogens is 610 g/mol. The molecule has 9 aromatic rings. The summed E-state index contributed by atoms with van der Waals surface area (Å²) in [5.41, 5.74) is 8.18. The van der Waals surface area contributed by atoms with Gasteiger partial charge in [0.25, 0.3) is 0 Å². The van der Waals surface area contributed by atoms with Gasteiger partial charge in [-0.2, -0.15) is 0 Å². The lowest BCUT2D eigenvalue weighted by Gasteiger charge is -2.26. The van der Waals surface area contributed by atoms with Crippen LogP contribution < -0.4 is 4.90 Å². The van der Waals surface area contributed by atoms with Crippen LogP contribution in [0.2, 0.25) is 5.02 Å². The Morgan fingerprint density at radius 1 is 0.383 bits per heavy atom. The van der Waals surface area contributed by atoms with Crippen molar-refractivity contribution in [2.45, 2.75) is 0 Å². The average molecular weight is 638 g/mol. The maximum Gasteiger partial charge on any atom is 0.0476 e. The van der Waals surface area contributed by atoms with Crippen LogP contribution in [0, 0.1) is 0 Å². The van der Waals surface area contributed by atoms with E-state index in [2.05, 4.69) is 169 Å². The summed E-state index contributed by atoms with van der Waals surface area (Å²) in [6, 6.07) is 60.8. The fraction of sp³-hybridized carbons (Fsp3) is 0. The van der Waals surface area contributed by atoms with E-state index in [1.54, 1.807) is 0 Å². The number of benzene rings is 8. The molecule has 0 fully saturated rings. The first-order chi connectivity index (χ1) is 23.2. The number of hydrogen-bond donors (Lipinski definition) is 0. The molecule has 1 aromatic heterocycles. The third-order valence-corrected chi connectivity index (χ3v) is 10.5. The lowest BCUT2D eigenvalue weighted by atomic mass is 9.97. The molecule has 9 rings (SSSR count). The predicted molar refractivity (Wildman–Crippen MR) is 205 cm³/mol. The van der Waals surface area contributed by atoms with Gasteiger partial charge in [-0.3, -0.25) is 0 Å². The van der Waals surface area contributed by atoms with Gasteiger partial charge in [-0.1, -0.05) is 133 Å². The van der Waals surface area contributed by atoms with E-state index in [4.69, 9.17) is 11.6 Å². The van der Waals surface area contributed by atoms with E-state index in [-0.39, 0.29) is 0 Å². The SMILES string of the molecule is Clc1ccc2c(c1)c1ccccc1c1c3ccc(N(c4ccc(-c5ccccc5)cc4)c4ccc(-c5ccccc5)cc4)cc3sc21. The van der Waals surface area contributed by atoms with Crippen molar-refractivity contribution in [3.63, 3.8) is 0 Å². The van der Waals surface area contributed by atoms with Crippen LogP contribution in [0.1, 0.15) is 0 Å². The van der Waals surface area contributed by atoms with E-state index in [9.17, 15) is 0 Å². The second-order valence-electron chi connectivity index (χ2n) is 11.9. The van der Waals surface area contributed by atoms with E-state index in [1.165, 1.54) is 64.0 Å². The van der Waals surface area contributed by atoms with Crippen LogP contribution in [0.5, 0.6) is 0 Å². The van der Waals surface area contributed by atoms with E-state index in [0.29, 0.717) is 0 Å². The third kappa shape index (κ3) is 4.85. The standard InChI is InChI=1S/C44H28ClNS/c45-33-19-25-39-41(27-33)37-13-7-8-14-38(37)43-40-26-24-36(28-42(40)47-44(39)43)46(34-20-15-31(16-21-34)29-9-3-1-4-10-29)35-22-17-32(18-23-35)30-11-5-2-6-12-30/h1-28H. The molecule has 1 nitrogen and oxygen atoms in total. The number of hydrogen-bond acceptors (Lipinski definition) is 2. The van der Waals surface area contributed by atoms with Crippen molar-refractivity contribution >= 4 is 81.7 Å². The number of nitrogens with zero attached hydrogens (tertiary/aromatic N) is 1. The van der Waals surface area contributed by atoms with Gasteiger partial charge in [0.1, 0.15) is 0 Å². The van der Waals surface area contributed by atoms with Crippen molar-refractivity contribution in [3.8, 4) is 22.3 Å². The molecule has 0 aliphatic heterocycles. The van der Waals surface area contributed by atoms with Gasteiger partial charge < -0.3 is 4.90 Å². The average Bonchev–Trinajstić information content (AvgIpc) is 3.52. The summed E-state index contributed by atoms with van der Waals surface area (Å²) in [5.74, 6) is 0. The lowest BCUT2D eigenvalue weighted by molar-refractivity contribution is 1.29. The van der Waals surface area contributed by atoms with Crippen molar-refractivity contribution < 1.29 is 0 Å². The molecule has 0 atom stereocenters. The molecule has 0 aliphatic rings. The van der Waals surface area contributed by atoms with Crippen LogP contribution in [-0.2, 0) is 0 Å². The molecule has 0 aliphatic carbocycles. The molecule has 3 heteroatoms. The Morgan fingerprint density at radius 2 is 0.894 bits per heavy atom. The first-order valence-corrected chi connectivity index (χ1v) is 17.0. The van der Waals surface area contributed by atoms with E-state index < -0.39 is 0 Å². The normalized spacial score (nSPS) is 11.5. The summed E-state index contributed by atoms with van der Waals surface area (Å²) in [7, 11) is 0. The quantitative estimate of drug-likeness (QED) is 0.170. The Morgan fingerprint density at radius 3 is 1.51 bits per heavy atom. The van der Waals surface area contributed by atoms with Crippen molar-refractivity contribution in [2.75, 3.05) is 4.90 Å². The van der Waals surface area contributed by atoms with Gasteiger partial charge in [0, 0.05) is 47.6 Å². The largest absolute Gasteiger partial charge is 0.310 e. The molecule has 1 heterocycles. The number of anilines is 3. The Bertz CT molecular complexity index is 2470. The molecule has 0 bridgehead atoms. The van der Waals surface area contributed by atoms with E-state index >= 15 is 0 Å². The first kappa shape index (κ1) is 27.9. The zero-order chi connectivity index (χ0) is 31.3. The fourth-order valence-electron chi connectivity index (χ4n) is 6.87.